The third kappa shape index (κ3) is 4.59. The second-order valence-corrected chi connectivity index (χ2v) is 9.60. The third-order valence-electron chi connectivity index (χ3n) is 5.38. The van der Waals surface area contributed by atoms with Crippen LogP contribution in [0.5, 0.6) is 5.75 Å². The Morgan fingerprint density at radius 2 is 2.12 bits per heavy atom. The standard InChI is InChI=1S/C25H22N2O5S2/c1-2-31-24(29)16-10-17-13-30-15-32-22(17)18(11-16)14-34-25-26-21-8-4-3-7-20(21)23(28)27(25)12-19-6-5-9-33-19/h3-11H,2,12-15H2,1H3. The van der Waals surface area contributed by atoms with Gasteiger partial charge in [0.25, 0.3) is 5.56 Å². The van der Waals surface area contributed by atoms with E-state index >= 15 is 0 Å². The highest BCUT2D eigenvalue weighted by molar-refractivity contribution is 7.98. The van der Waals surface area contributed by atoms with Gasteiger partial charge in [-0.2, -0.15) is 0 Å². The number of ether oxygens (including phenoxy) is 3. The van der Waals surface area contributed by atoms with Gasteiger partial charge in [-0.1, -0.05) is 30.0 Å². The SMILES string of the molecule is CCOC(=O)c1cc2c(c(CSc3nc4ccccc4c(=O)n3Cc3cccs3)c1)OCOC2. The number of esters is 1. The Balaban J connectivity index is 1.53. The summed E-state index contributed by atoms with van der Waals surface area (Å²) >= 11 is 3.04. The van der Waals surface area contributed by atoms with Crippen molar-refractivity contribution in [3.8, 4) is 5.75 Å². The normalized spacial score (nSPS) is 12.9. The third-order valence-corrected chi connectivity index (χ3v) is 7.26. The van der Waals surface area contributed by atoms with Crippen LogP contribution in [-0.2, 0) is 28.4 Å². The zero-order valence-electron chi connectivity index (χ0n) is 18.5. The van der Waals surface area contributed by atoms with Crippen LogP contribution in [0, 0.1) is 0 Å². The number of fused-ring (bicyclic) bond motifs is 2. The summed E-state index contributed by atoms with van der Waals surface area (Å²) in [4.78, 5) is 31.6. The number of hydrogen-bond donors (Lipinski definition) is 0. The van der Waals surface area contributed by atoms with Gasteiger partial charge in [0.15, 0.2) is 11.9 Å². The lowest BCUT2D eigenvalue weighted by Crippen LogP contribution is -2.23. The molecule has 0 unspecified atom stereocenters. The van der Waals surface area contributed by atoms with Crippen molar-refractivity contribution >= 4 is 40.0 Å². The molecule has 2 aromatic carbocycles. The number of thioether (sulfide) groups is 1. The molecule has 0 radical (unpaired) electrons. The Morgan fingerprint density at radius 1 is 1.24 bits per heavy atom. The maximum Gasteiger partial charge on any atom is 0.338 e. The highest BCUT2D eigenvalue weighted by Gasteiger charge is 2.21. The maximum atomic E-state index is 13.3. The van der Waals surface area contributed by atoms with Gasteiger partial charge >= 0.3 is 5.97 Å². The van der Waals surface area contributed by atoms with Crippen LogP contribution < -0.4 is 10.3 Å². The molecule has 0 saturated heterocycles. The molecule has 0 bridgehead atoms. The molecular weight excluding hydrogens is 472 g/mol. The van der Waals surface area contributed by atoms with Gasteiger partial charge in [0.1, 0.15) is 5.75 Å². The summed E-state index contributed by atoms with van der Waals surface area (Å²) in [5, 5.41) is 3.19. The zero-order chi connectivity index (χ0) is 23.5. The lowest BCUT2D eigenvalue weighted by Gasteiger charge is -2.22. The lowest BCUT2D eigenvalue weighted by molar-refractivity contribution is -0.0169. The molecular formula is C25H22N2O5S2. The summed E-state index contributed by atoms with van der Waals surface area (Å²) in [5.41, 5.74) is 2.67. The number of carbonyl (C=O) groups excluding carboxylic acids is 1. The molecule has 0 saturated carbocycles. The Hall–Kier alpha value is -3.14. The summed E-state index contributed by atoms with van der Waals surface area (Å²) in [6, 6.07) is 14.9. The first-order chi connectivity index (χ1) is 16.6. The van der Waals surface area contributed by atoms with Crippen molar-refractivity contribution in [2.45, 2.75) is 31.0 Å². The molecule has 0 atom stereocenters. The highest BCUT2D eigenvalue weighted by atomic mass is 32.2. The predicted molar refractivity (Wildman–Crippen MR) is 132 cm³/mol. The van der Waals surface area contributed by atoms with Gasteiger partial charge in [0.2, 0.25) is 0 Å². The Bertz CT molecular complexity index is 1400. The van der Waals surface area contributed by atoms with E-state index in [2.05, 4.69) is 0 Å². The second kappa shape index (κ2) is 10.0. The minimum Gasteiger partial charge on any atom is -0.467 e. The van der Waals surface area contributed by atoms with Crippen molar-refractivity contribution in [2.75, 3.05) is 13.4 Å². The minimum absolute atomic E-state index is 0.0755. The van der Waals surface area contributed by atoms with Crippen molar-refractivity contribution in [1.29, 1.82) is 0 Å². The number of aromatic nitrogens is 2. The molecule has 3 heterocycles. The maximum absolute atomic E-state index is 13.3. The first-order valence-electron chi connectivity index (χ1n) is 10.8. The van der Waals surface area contributed by atoms with Gasteiger partial charge < -0.3 is 14.2 Å². The second-order valence-electron chi connectivity index (χ2n) is 7.63. The Kier molecular flexibility index (Phi) is 6.66. The average Bonchev–Trinajstić information content (AvgIpc) is 3.38. The fourth-order valence-corrected chi connectivity index (χ4v) is 5.49. The van der Waals surface area contributed by atoms with Crippen molar-refractivity contribution < 1.29 is 19.0 Å². The monoisotopic (exact) mass is 494 g/mol. The summed E-state index contributed by atoms with van der Waals surface area (Å²) < 4.78 is 18.1. The summed E-state index contributed by atoms with van der Waals surface area (Å²) in [6.45, 7) is 3.03. The Morgan fingerprint density at radius 3 is 2.94 bits per heavy atom. The molecule has 5 rings (SSSR count). The molecule has 0 amide bonds. The van der Waals surface area contributed by atoms with Crippen LogP contribution in [0.2, 0.25) is 0 Å². The topological polar surface area (TPSA) is 79.7 Å². The van der Waals surface area contributed by atoms with E-state index in [9.17, 15) is 9.59 Å². The molecule has 7 nitrogen and oxygen atoms in total. The summed E-state index contributed by atoms with van der Waals surface area (Å²) in [7, 11) is 0. The number of thiophene rings is 1. The number of carbonyl (C=O) groups is 1. The largest absolute Gasteiger partial charge is 0.467 e. The first-order valence-corrected chi connectivity index (χ1v) is 12.7. The number of benzene rings is 2. The van der Waals surface area contributed by atoms with Crippen LogP contribution in [0.25, 0.3) is 10.9 Å². The van der Waals surface area contributed by atoms with E-state index in [0.29, 0.717) is 52.9 Å². The van der Waals surface area contributed by atoms with Gasteiger partial charge in [-0.3, -0.25) is 9.36 Å². The molecule has 0 spiro atoms. The van der Waals surface area contributed by atoms with Crippen LogP contribution in [0.15, 0.2) is 63.9 Å². The smallest absolute Gasteiger partial charge is 0.338 e. The van der Waals surface area contributed by atoms with Crippen LogP contribution >= 0.6 is 23.1 Å². The van der Waals surface area contributed by atoms with Crippen molar-refractivity contribution in [3.05, 3.63) is 85.8 Å². The number of para-hydroxylation sites is 1. The molecule has 0 N–H and O–H groups in total. The van der Waals surface area contributed by atoms with E-state index in [-0.39, 0.29) is 18.3 Å². The summed E-state index contributed by atoms with van der Waals surface area (Å²) in [5.74, 6) is 0.783. The lowest BCUT2D eigenvalue weighted by atomic mass is 10.0. The van der Waals surface area contributed by atoms with Crippen LogP contribution in [-0.4, -0.2) is 28.9 Å². The minimum atomic E-state index is -0.388. The van der Waals surface area contributed by atoms with Gasteiger partial charge in [-0.15, -0.1) is 11.3 Å². The van der Waals surface area contributed by atoms with Gasteiger partial charge in [-0.05, 0) is 42.6 Å². The number of rotatable bonds is 7. The van der Waals surface area contributed by atoms with Crippen LogP contribution in [0.4, 0.5) is 0 Å². The van der Waals surface area contributed by atoms with E-state index in [1.54, 1.807) is 41.0 Å². The molecule has 34 heavy (non-hydrogen) atoms. The quantitative estimate of drug-likeness (QED) is 0.207. The van der Waals surface area contributed by atoms with E-state index in [4.69, 9.17) is 19.2 Å². The van der Waals surface area contributed by atoms with E-state index in [0.717, 1.165) is 16.0 Å². The molecule has 4 aromatic rings. The summed E-state index contributed by atoms with van der Waals surface area (Å²) in [6.07, 6.45) is 0. The first kappa shape index (κ1) is 22.6. The molecule has 174 valence electrons. The van der Waals surface area contributed by atoms with Crippen molar-refractivity contribution in [2.24, 2.45) is 0 Å². The molecule has 9 heteroatoms. The van der Waals surface area contributed by atoms with E-state index in [1.807, 2.05) is 35.7 Å². The molecule has 0 fully saturated rings. The van der Waals surface area contributed by atoms with E-state index < -0.39 is 0 Å². The number of nitrogens with zero attached hydrogens (tertiary/aromatic N) is 2. The van der Waals surface area contributed by atoms with Crippen LogP contribution in [0.3, 0.4) is 0 Å². The molecule has 1 aliphatic heterocycles. The molecule has 2 aromatic heterocycles. The fourth-order valence-electron chi connectivity index (χ4n) is 3.84. The van der Waals surface area contributed by atoms with Crippen molar-refractivity contribution in [3.63, 3.8) is 0 Å². The fraction of sp³-hybridized carbons (Fsp3) is 0.240. The predicted octanol–water partition coefficient (Wildman–Crippen LogP) is 4.84. The van der Waals surface area contributed by atoms with E-state index in [1.165, 1.54) is 11.8 Å². The molecule has 0 aliphatic carbocycles. The molecule has 1 aliphatic rings. The van der Waals surface area contributed by atoms with Crippen molar-refractivity contribution in [1.82, 2.24) is 9.55 Å². The average molecular weight is 495 g/mol. The number of hydrogen-bond acceptors (Lipinski definition) is 8. The van der Waals surface area contributed by atoms with Gasteiger partial charge in [0, 0.05) is 21.8 Å². The highest BCUT2D eigenvalue weighted by Crippen LogP contribution is 2.34. The van der Waals surface area contributed by atoms with Crippen LogP contribution in [0.1, 0.15) is 33.3 Å². The van der Waals surface area contributed by atoms with Gasteiger partial charge in [0.05, 0.1) is 36.2 Å². The zero-order valence-corrected chi connectivity index (χ0v) is 20.1. The van der Waals surface area contributed by atoms with Gasteiger partial charge in [-0.25, -0.2) is 9.78 Å². The Labute approximate surface area is 204 Å².